The topological polar surface area (TPSA) is 27.7 Å². The van der Waals surface area contributed by atoms with E-state index in [1.54, 1.807) is 0 Å². The van der Waals surface area contributed by atoms with Crippen molar-refractivity contribution in [2.24, 2.45) is 5.41 Å². The SMILES string of the molecule is CCCc1ccc2c(c1)Cc1cc(C#Cc3ccc(OCCCCCCOCC4(CC)COC4)cc3)ccc1-2. The second-order valence-electron chi connectivity index (χ2n) is 11.2. The fourth-order valence-electron chi connectivity index (χ4n) is 5.48. The fraction of sp³-hybridized carbons (Fsp3) is 0.444. The van der Waals surface area contributed by atoms with Crippen molar-refractivity contribution >= 4 is 0 Å². The molecule has 39 heavy (non-hydrogen) atoms. The summed E-state index contributed by atoms with van der Waals surface area (Å²) in [5, 5.41) is 0. The number of hydrogen-bond donors (Lipinski definition) is 0. The van der Waals surface area contributed by atoms with Gasteiger partial charge in [0.25, 0.3) is 0 Å². The van der Waals surface area contributed by atoms with E-state index in [-0.39, 0.29) is 0 Å². The first-order chi connectivity index (χ1) is 19.2. The molecular weight excluding hydrogens is 480 g/mol. The molecule has 0 N–H and O–H groups in total. The van der Waals surface area contributed by atoms with Gasteiger partial charge in [0, 0.05) is 23.1 Å². The Kier molecular flexibility index (Phi) is 9.40. The lowest BCUT2D eigenvalue weighted by molar-refractivity contribution is -0.150. The number of aryl methyl sites for hydroxylation is 1. The summed E-state index contributed by atoms with van der Waals surface area (Å²) in [6.07, 6.45) is 9.02. The maximum atomic E-state index is 5.94. The first-order valence-electron chi connectivity index (χ1n) is 14.8. The number of unbranched alkanes of at least 4 members (excludes halogenated alkanes) is 3. The van der Waals surface area contributed by atoms with Crippen molar-refractivity contribution in [3.05, 3.63) is 88.5 Å². The van der Waals surface area contributed by atoms with Gasteiger partial charge in [0.2, 0.25) is 0 Å². The third-order valence-corrected chi connectivity index (χ3v) is 8.12. The summed E-state index contributed by atoms with van der Waals surface area (Å²) in [5.74, 6) is 7.59. The van der Waals surface area contributed by atoms with Crippen LogP contribution in [0.2, 0.25) is 0 Å². The Morgan fingerprint density at radius 1 is 0.769 bits per heavy atom. The highest BCUT2D eigenvalue weighted by Gasteiger charge is 2.36. The Morgan fingerprint density at radius 2 is 1.46 bits per heavy atom. The van der Waals surface area contributed by atoms with Gasteiger partial charge in [-0.05, 0) is 103 Å². The molecule has 3 nitrogen and oxygen atoms in total. The van der Waals surface area contributed by atoms with Crippen molar-refractivity contribution in [3.8, 4) is 28.7 Å². The number of benzene rings is 3. The zero-order chi connectivity index (χ0) is 26.9. The van der Waals surface area contributed by atoms with E-state index >= 15 is 0 Å². The lowest BCUT2D eigenvalue weighted by Crippen LogP contribution is -2.45. The third-order valence-electron chi connectivity index (χ3n) is 8.12. The molecule has 0 unspecified atom stereocenters. The van der Waals surface area contributed by atoms with Crippen molar-refractivity contribution in [1.82, 2.24) is 0 Å². The van der Waals surface area contributed by atoms with Crippen LogP contribution < -0.4 is 4.74 Å². The minimum absolute atomic E-state index is 0.294. The standard InChI is InChI=1S/C36H42O3/c1-3-9-29-14-18-34-31(22-29)24-32-23-30(15-19-35(32)34)11-10-28-12-16-33(17-13-28)39-21-8-6-5-7-20-37-25-36(4-2)26-38-27-36/h12-19,22-23H,3-9,20-21,24-27H2,1-2H3. The maximum Gasteiger partial charge on any atom is 0.119 e. The number of rotatable bonds is 13. The third kappa shape index (κ3) is 7.13. The second kappa shape index (κ2) is 13.3. The molecule has 5 rings (SSSR count). The highest BCUT2D eigenvalue weighted by molar-refractivity contribution is 5.77. The van der Waals surface area contributed by atoms with Gasteiger partial charge < -0.3 is 14.2 Å². The Bertz CT molecular complexity index is 1290. The van der Waals surface area contributed by atoms with E-state index < -0.39 is 0 Å². The molecule has 1 aliphatic heterocycles. The minimum Gasteiger partial charge on any atom is -0.494 e. The molecule has 0 amide bonds. The normalized spacial score (nSPS) is 14.6. The van der Waals surface area contributed by atoms with Crippen LogP contribution in [0.4, 0.5) is 0 Å². The monoisotopic (exact) mass is 522 g/mol. The number of ether oxygens (including phenoxy) is 3. The number of fused-ring (bicyclic) bond motifs is 3. The summed E-state index contributed by atoms with van der Waals surface area (Å²) in [4.78, 5) is 0. The quantitative estimate of drug-likeness (QED) is 0.132. The van der Waals surface area contributed by atoms with Crippen molar-refractivity contribution < 1.29 is 14.2 Å². The van der Waals surface area contributed by atoms with E-state index in [9.17, 15) is 0 Å². The van der Waals surface area contributed by atoms with Crippen LogP contribution >= 0.6 is 0 Å². The molecule has 2 aliphatic rings. The van der Waals surface area contributed by atoms with Crippen LogP contribution in [0.5, 0.6) is 5.75 Å². The van der Waals surface area contributed by atoms with Crippen LogP contribution in [0.1, 0.15) is 80.2 Å². The van der Waals surface area contributed by atoms with E-state index in [2.05, 4.69) is 62.1 Å². The van der Waals surface area contributed by atoms with Gasteiger partial charge in [0.1, 0.15) is 5.75 Å². The molecular formula is C36H42O3. The van der Waals surface area contributed by atoms with Crippen molar-refractivity contribution in [2.75, 3.05) is 33.0 Å². The van der Waals surface area contributed by atoms with Crippen LogP contribution in [-0.4, -0.2) is 33.0 Å². The molecule has 3 heteroatoms. The predicted octanol–water partition coefficient (Wildman–Crippen LogP) is 7.99. The van der Waals surface area contributed by atoms with E-state index in [1.165, 1.54) is 47.1 Å². The smallest absolute Gasteiger partial charge is 0.119 e. The van der Waals surface area contributed by atoms with E-state index in [1.807, 2.05) is 24.3 Å². The predicted molar refractivity (Wildman–Crippen MR) is 159 cm³/mol. The van der Waals surface area contributed by atoms with Gasteiger partial charge >= 0.3 is 0 Å². The average molecular weight is 523 g/mol. The first-order valence-corrected chi connectivity index (χ1v) is 14.8. The summed E-state index contributed by atoms with van der Waals surface area (Å²) in [5.41, 5.74) is 9.39. The van der Waals surface area contributed by atoms with Gasteiger partial charge in [-0.3, -0.25) is 0 Å². The summed E-state index contributed by atoms with van der Waals surface area (Å²) >= 11 is 0. The van der Waals surface area contributed by atoms with E-state index in [0.717, 1.165) is 82.0 Å². The molecule has 3 aromatic rings. The zero-order valence-corrected chi connectivity index (χ0v) is 23.7. The molecule has 1 saturated heterocycles. The highest BCUT2D eigenvalue weighted by atomic mass is 16.5. The summed E-state index contributed by atoms with van der Waals surface area (Å²) in [7, 11) is 0. The molecule has 0 aromatic heterocycles. The van der Waals surface area contributed by atoms with Crippen molar-refractivity contribution in [2.45, 2.75) is 65.2 Å². The van der Waals surface area contributed by atoms with Gasteiger partial charge in [-0.2, -0.15) is 0 Å². The summed E-state index contributed by atoms with van der Waals surface area (Å²) < 4.78 is 17.2. The Labute approximate surface area is 234 Å². The lowest BCUT2D eigenvalue weighted by Gasteiger charge is -2.40. The first kappa shape index (κ1) is 27.5. The summed E-state index contributed by atoms with van der Waals surface area (Å²) in [6.45, 7) is 8.63. The van der Waals surface area contributed by atoms with Gasteiger partial charge in [-0.25, -0.2) is 0 Å². The Balaban J connectivity index is 1.02. The van der Waals surface area contributed by atoms with Gasteiger partial charge in [0.05, 0.1) is 26.4 Å². The van der Waals surface area contributed by atoms with Crippen LogP contribution in [0.3, 0.4) is 0 Å². The summed E-state index contributed by atoms with van der Waals surface area (Å²) in [6, 6.07) is 21.8. The van der Waals surface area contributed by atoms with Crippen molar-refractivity contribution in [1.29, 1.82) is 0 Å². The average Bonchev–Trinajstić information content (AvgIpc) is 3.30. The van der Waals surface area contributed by atoms with Gasteiger partial charge in [-0.1, -0.05) is 62.8 Å². The molecule has 0 bridgehead atoms. The van der Waals surface area contributed by atoms with Crippen LogP contribution in [0.15, 0.2) is 60.7 Å². The van der Waals surface area contributed by atoms with E-state index in [0.29, 0.717) is 5.41 Å². The molecule has 1 fully saturated rings. The molecule has 204 valence electrons. The van der Waals surface area contributed by atoms with Crippen LogP contribution in [-0.2, 0) is 22.3 Å². The van der Waals surface area contributed by atoms with Crippen LogP contribution in [0.25, 0.3) is 11.1 Å². The lowest BCUT2D eigenvalue weighted by atomic mass is 9.84. The molecule has 0 radical (unpaired) electrons. The maximum absolute atomic E-state index is 5.94. The number of hydrogen-bond acceptors (Lipinski definition) is 3. The van der Waals surface area contributed by atoms with Gasteiger partial charge in [0.15, 0.2) is 0 Å². The van der Waals surface area contributed by atoms with Crippen LogP contribution in [0, 0.1) is 17.3 Å². The molecule has 1 heterocycles. The molecule has 1 aliphatic carbocycles. The van der Waals surface area contributed by atoms with Gasteiger partial charge in [-0.15, -0.1) is 0 Å². The zero-order valence-electron chi connectivity index (χ0n) is 23.7. The molecule has 3 aromatic carbocycles. The van der Waals surface area contributed by atoms with Crippen molar-refractivity contribution in [3.63, 3.8) is 0 Å². The molecule has 0 spiro atoms. The molecule has 0 saturated carbocycles. The largest absolute Gasteiger partial charge is 0.494 e. The molecule has 0 atom stereocenters. The Morgan fingerprint density at radius 3 is 2.18 bits per heavy atom. The highest BCUT2D eigenvalue weighted by Crippen LogP contribution is 2.37. The fourth-order valence-corrected chi connectivity index (χ4v) is 5.48. The Hall–Kier alpha value is -3.06. The van der Waals surface area contributed by atoms with E-state index in [4.69, 9.17) is 14.2 Å². The second-order valence-corrected chi connectivity index (χ2v) is 11.2. The minimum atomic E-state index is 0.294.